The SMILES string of the molecule is Cc1ccc2c(c1)N(S(C)(=O)=O)CC[C@@H](C(=O)Nc1ccc(OCc3ccccc3)cc1)O2. The number of nitrogens with zero attached hydrogens (tertiary/aromatic N) is 1. The summed E-state index contributed by atoms with van der Waals surface area (Å²) in [6, 6.07) is 22.2. The van der Waals surface area contributed by atoms with Crippen molar-refractivity contribution < 1.29 is 22.7 Å². The number of anilines is 2. The van der Waals surface area contributed by atoms with Gasteiger partial charge in [-0.1, -0.05) is 36.4 Å². The van der Waals surface area contributed by atoms with Gasteiger partial charge in [0.05, 0.1) is 11.9 Å². The Labute approximate surface area is 194 Å². The first-order valence-electron chi connectivity index (χ1n) is 10.6. The van der Waals surface area contributed by atoms with Crippen LogP contribution < -0.4 is 19.1 Å². The number of hydrogen-bond donors (Lipinski definition) is 1. The molecule has 0 spiro atoms. The molecule has 1 heterocycles. The third-order valence-electron chi connectivity index (χ3n) is 5.31. The van der Waals surface area contributed by atoms with Gasteiger partial charge in [0.1, 0.15) is 18.1 Å². The molecule has 0 aromatic heterocycles. The molecule has 0 aliphatic carbocycles. The molecule has 0 saturated carbocycles. The largest absolute Gasteiger partial charge is 0.489 e. The second kappa shape index (κ2) is 9.54. The average Bonchev–Trinajstić information content (AvgIpc) is 2.99. The first-order valence-corrected chi connectivity index (χ1v) is 12.5. The standard InChI is InChI=1S/C25H26N2O5S/c1-18-8-13-23-22(16-18)27(33(2,29)30)15-14-24(32-23)25(28)26-20-9-11-21(12-10-20)31-17-19-6-4-3-5-7-19/h3-13,16,24H,14-15,17H2,1-2H3,(H,26,28)/t24-/m0/s1. The van der Waals surface area contributed by atoms with Crippen molar-refractivity contribution in [1.29, 1.82) is 0 Å². The van der Waals surface area contributed by atoms with Crippen LogP contribution in [0, 0.1) is 6.92 Å². The zero-order chi connectivity index (χ0) is 23.4. The maximum atomic E-state index is 12.9. The number of sulfonamides is 1. The Kier molecular flexibility index (Phi) is 6.55. The van der Waals surface area contributed by atoms with Crippen molar-refractivity contribution >= 4 is 27.3 Å². The summed E-state index contributed by atoms with van der Waals surface area (Å²) in [7, 11) is -3.51. The summed E-state index contributed by atoms with van der Waals surface area (Å²) in [6.07, 6.45) is 0.554. The van der Waals surface area contributed by atoms with Crippen molar-refractivity contribution in [2.75, 3.05) is 22.4 Å². The van der Waals surface area contributed by atoms with Crippen LogP contribution in [0.2, 0.25) is 0 Å². The molecule has 0 unspecified atom stereocenters. The highest BCUT2D eigenvalue weighted by Gasteiger charge is 2.31. The highest BCUT2D eigenvalue weighted by Crippen LogP contribution is 2.35. The lowest BCUT2D eigenvalue weighted by molar-refractivity contribution is -0.122. The zero-order valence-corrected chi connectivity index (χ0v) is 19.3. The second-order valence-electron chi connectivity index (χ2n) is 7.99. The maximum Gasteiger partial charge on any atom is 0.265 e. The molecule has 172 valence electrons. The molecular weight excluding hydrogens is 440 g/mol. The lowest BCUT2D eigenvalue weighted by Gasteiger charge is -2.21. The van der Waals surface area contributed by atoms with E-state index in [4.69, 9.17) is 9.47 Å². The Morgan fingerprint density at radius 1 is 1.09 bits per heavy atom. The van der Waals surface area contributed by atoms with Crippen molar-refractivity contribution in [2.24, 2.45) is 0 Å². The number of nitrogens with one attached hydrogen (secondary N) is 1. The van der Waals surface area contributed by atoms with E-state index in [2.05, 4.69) is 5.32 Å². The Balaban J connectivity index is 1.42. The van der Waals surface area contributed by atoms with Gasteiger partial charge in [-0.25, -0.2) is 8.42 Å². The third-order valence-corrected chi connectivity index (χ3v) is 6.49. The molecule has 3 aromatic carbocycles. The molecule has 0 radical (unpaired) electrons. The molecule has 1 amide bonds. The number of amides is 1. The molecular formula is C25H26N2O5S. The molecule has 8 heteroatoms. The molecule has 7 nitrogen and oxygen atoms in total. The lowest BCUT2D eigenvalue weighted by Crippen LogP contribution is -2.35. The van der Waals surface area contributed by atoms with Gasteiger partial charge in [0.15, 0.2) is 6.10 Å². The number of hydrogen-bond acceptors (Lipinski definition) is 5. The summed E-state index contributed by atoms with van der Waals surface area (Å²) in [6.45, 7) is 2.49. The first-order chi connectivity index (χ1) is 15.8. The van der Waals surface area contributed by atoms with Gasteiger partial charge in [0, 0.05) is 18.7 Å². The van der Waals surface area contributed by atoms with Crippen molar-refractivity contribution in [2.45, 2.75) is 26.1 Å². The number of ether oxygens (including phenoxy) is 2. The predicted molar refractivity (Wildman–Crippen MR) is 128 cm³/mol. The summed E-state index contributed by atoms with van der Waals surface area (Å²) in [5, 5.41) is 2.85. The Morgan fingerprint density at radius 2 is 1.82 bits per heavy atom. The van der Waals surface area contributed by atoms with E-state index in [1.807, 2.05) is 43.3 Å². The molecule has 1 atom stereocenters. The Bertz CT molecular complexity index is 1230. The zero-order valence-electron chi connectivity index (χ0n) is 18.5. The molecule has 0 bridgehead atoms. The fourth-order valence-corrected chi connectivity index (χ4v) is 4.55. The maximum absolute atomic E-state index is 12.9. The topological polar surface area (TPSA) is 84.9 Å². The van der Waals surface area contributed by atoms with Crippen molar-refractivity contribution in [1.82, 2.24) is 0 Å². The van der Waals surface area contributed by atoms with Crippen LogP contribution >= 0.6 is 0 Å². The van der Waals surface area contributed by atoms with Crippen LogP contribution in [-0.2, 0) is 21.4 Å². The lowest BCUT2D eigenvalue weighted by atomic mass is 10.2. The monoisotopic (exact) mass is 466 g/mol. The van der Waals surface area contributed by atoms with Crippen LogP contribution in [0.3, 0.4) is 0 Å². The van der Waals surface area contributed by atoms with Gasteiger partial charge in [-0.15, -0.1) is 0 Å². The molecule has 0 fully saturated rings. The number of fused-ring (bicyclic) bond motifs is 1. The van der Waals surface area contributed by atoms with Crippen molar-refractivity contribution in [3.8, 4) is 11.5 Å². The van der Waals surface area contributed by atoms with Gasteiger partial charge < -0.3 is 14.8 Å². The van der Waals surface area contributed by atoms with E-state index >= 15 is 0 Å². The highest BCUT2D eigenvalue weighted by atomic mass is 32.2. The number of rotatable bonds is 6. The number of carbonyl (C=O) groups is 1. The minimum Gasteiger partial charge on any atom is -0.489 e. The summed E-state index contributed by atoms with van der Waals surface area (Å²) in [4.78, 5) is 12.9. The van der Waals surface area contributed by atoms with E-state index in [0.717, 1.165) is 17.4 Å². The molecule has 0 saturated heterocycles. The van der Waals surface area contributed by atoms with Gasteiger partial charge in [-0.2, -0.15) is 0 Å². The summed E-state index contributed by atoms with van der Waals surface area (Å²) in [5.41, 5.74) is 3.03. The molecule has 1 aliphatic heterocycles. The number of aryl methyl sites for hydroxylation is 1. The van der Waals surface area contributed by atoms with E-state index in [0.29, 0.717) is 29.5 Å². The van der Waals surface area contributed by atoms with E-state index in [9.17, 15) is 13.2 Å². The third kappa shape index (κ3) is 5.64. The molecule has 4 rings (SSSR count). The van der Waals surface area contributed by atoms with Gasteiger partial charge >= 0.3 is 0 Å². The quantitative estimate of drug-likeness (QED) is 0.591. The molecule has 1 aliphatic rings. The van der Waals surface area contributed by atoms with E-state index in [-0.39, 0.29) is 18.9 Å². The second-order valence-corrected chi connectivity index (χ2v) is 9.90. The van der Waals surface area contributed by atoms with Crippen molar-refractivity contribution in [3.05, 3.63) is 83.9 Å². The molecule has 33 heavy (non-hydrogen) atoms. The predicted octanol–water partition coefficient (Wildman–Crippen LogP) is 4.13. The van der Waals surface area contributed by atoms with Gasteiger partial charge in [-0.05, 0) is 54.4 Å². The molecule has 1 N–H and O–H groups in total. The van der Waals surface area contributed by atoms with E-state index < -0.39 is 16.1 Å². The Hall–Kier alpha value is -3.52. The minimum atomic E-state index is -3.51. The summed E-state index contributed by atoms with van der Waals surface area (Å²) < 4.78 is 37.6. The Morgan fingerprint density at radius 3 is 2.52 bits per heavy atom. The van der Waals surface area contributed by atoms with Crippen LogP contribution in [0.5, 0.6) is 11.5 Å². The first kappa shape index (κ1) is 22.7. The fraction of sp³-hybridized carbons (Fsp3) is 0.240. The van der Waals surface area contributed by atoms with Crippen LogP contribution in [0.1, 0.15) is 17.5 Å². The van der Waals surface area contributed by atoms with Gasteiger partial charge in [0.25, 0.3) is 5.91 Å². The average molecular weight is 467 g/mol. The summed E-state index contributed by atoms with van der Waals surface area (Å²) in [5.74, 6) is 0.721. The van der Waals surface area contributed by atoms with Crippen LogP contribution in [0.25, 0.3) is 0 Å². The number of benzene rings is 3. The summed E-state index contributed by atoms with van der Waals surface area (Å²) >= 11 is 0. The van der Waals surface area contributed by atoms with E-state index in [1.54, 1.807) is 36.4 Å². The van der Waals surface area contributed by atoms with Crippen molar-refractivity contribution in [3.63, 3.8) is 0 Å². The van der Waals surface area contributed by atoms with Crippen LogP contribution in [0.15, 0.2) is 72.8 Å². The minimum absolute atomic E-state index is 0.152. The smallest absolute Gasteiger partial charge is 0.265 e. The number of carbonyl (C=O) groups excluding carboxylic acids is 1. The fourth-order valence-electron chi connectivity index (χ4n) is 3.62. The van der Waals surface area contributed by atoms with Crippen LogP contribution in [-0.4, -0.2) is 33.2 Å². The molecule has 3 aromatic rings. The normalized spacial score (nSPS) is 15.7. The van der Waals surface area contributed by atoms with E-state index in [1.165, 1.54) is 4.31 Å². The van der Waals surface area contributed by atoms with Gasteiger partial charge in [0.2, 0.25) is 10.0 Å². The van der Waals surface area contributed by atoms with Gasteiger partial charge in [-0.3, -0.25) is 9.10 Å². The highest BCUT2D eigenvalue weighted by molar-refractivity contribution is 7.92. The van der Waals surface area contributed by atoms with Crippen LogP contribution in [0.4, 0.5) is 11.4 Å².